The van der Waals surface area contributed by atoms with Crippen molar-refractivity contribution in [3.63, 3.8) is 0 Å². The Bertz CT molecular complexity index is 746. The molecular formula is C22H28N4OS. The Balaban J connectivity index is 1.28. The lowest BCUT2D eigenvalue weighted by Crippen LogP contribution is -2.48. The zero-order valence-corrected chi connectivity index (χ0v) is 16.9. The third-order valence-corrected chi connectivity index (χ3v) is 5.17. The molecule has 0 saturated carbocycles. The topological polar surface area (TPSA) is 56.4 Å². The summed E-state index contributed by atoms with van der Waals surface area (Å²) in [5, 5.41) is 10.1. The van der Waals surface area contributed by atoms with Gasteiger partial charge in [0.15, 0.2) is 5.11 Å². The van der Waals surface area contributed by atoms with Gasteiger partial charge in [0.1, 0.15) is 0 Å². The van der Waals surface area contributed by atoms with Crippen molar-refractivity contribution in [3.05, 3.63) is 71.8 Å². The fraction of sp³-hybridized carbons (Fsp3) is 0.364. The van der Waals surface area contributed by atoms with Crippen molar-refractivity contribution >= 4 is 23.2 Å². The maximum Gasteiger partial charge on any atom is 0.251 e. The van der Waals surface area contributed by atoms with Crippen LogP contribution in [0.5, 0.6) is 0 Å². The van der Waals surface area contributed by atoms with E-state index in [1.54, 1.807) is 12.1 Å². The number of benzene rings is 2. The minimum atomic E-state index is -0.0629. The summed E-state index contributed by atoms with van der Waals surface area (Å²) in [6, 6.07) is 20.2. The van der Waals surface area contributed by atoms with Crippen LogP contribution in [0.4, 0.5) is 0 Å². The Morgan fingerprint density at radius 1 is 0.929 bits per heavy atom. The maximum absolute atomic E-state index is 12.0. The third-order valence-electron chi connectivity index (χ3n) is 4.90. The summed E-state index contributed by atoms with van der Waals surface area (Å²) in [7, 11) is 0. The first-order valence-electron chi connectivity index (χ1n) is 9.84. The zero-order valence-electron chi connectivity index (χ0n) is 16.1. The van der Waals surface area contributed by atoms with Gasteiger partial charge in [-0.1, -0.05) is 48.5 Å². The highest BCUT2D eigenvalue weighted by Gasteiger charge is 2.19. The molecule has 1 aliphatic rings. The Morgan fingerprint density at radius 2 is 1.54 bits per heavy atom. The normalized spacial score (nSPS) is 15.0. The van der Waals surface area contributed by atoms with E-state index in [0.29, 0.717) is 29.8 Å². The SMILES string of the molecule is O=C(NCCNC(=S)NC1CCN(Cc2ccccc2)CC1)c1ccccc1. The molecule has 1 fully saturated rings. The van der Waals surface area contributed by atoms with Gasteiger partial charge in [-0.2, -0.15) is 0 Å². The van der Waals surface area contributed by atoms with Crippen LogP contribution in [0.15, 0.2) is 60.7 Å². The van der Waals surface area contributed by atoms with Crippen molar-refractivity contribution < 1.29 is 4.79 Å². The smallest absolute Gasteiger partial charge is 0.251 e. The maximum atomic E-state index is 12.0. The first-order valence-corrected chi connectivity index (χ1v) is 10.3. The minimum Gasteiger partial charge on any atom is -0.361 e. The molecule has 0 unspecified atom stereocenters. The molecule has 0 bridgehead atoms. The molecule has 1 heterocycles. The number of thiocarbonyl (C=S) groups is 1. The van der Waals surface area contributed by atoms with E-state index in [9.17, 15) is 4.79 Å². The van der Waals surface area contributed by atoms with E-state index in [-0.39, 0.29) is 5.91 Å². The third kappa shape index (κ3) is 6.62. The van der Waals surface area contributed by atoms with E-state index in [0.717, 1.165) is 32.5 Å². The van der Waals surface area contributed by atoms with E-state index in [1.807, 2.05) is 18.2 Å². The highest BCUT2D eigenvalue weighted by atomic mass is 32.1. The summed E-state index contributed by atoms with van der Waals surface area (Å²) in [6.07, 6.45) is 2.17. The second-order valence-electron chi connectivity index (χ2n) is 7.06. The highest BCUT2D eigenvalue weighted by molar-refractivity contribution is 7.80. The fourth-order valence-electron chi connectivity index (χ4n) is 3.36. The van der Waals surface area contributed by atoms with Gasteiger partial charge in [0.05, 0.1) is 0 Å². The number of amides is 1. The summed E-state index contributed by atoms with van der Waals surface area (Å²) >= 11 is 5.39. The Labute approximate surface area is 172 Å². The largest absolute Gasteiger partial charge is 0.361 e. The predicted octanol–water partition coefficient (Wildman–Crippen LogP) is 2.55. The number of piperidine rings is 1. The molecule has 3 rings (SSSR count). The van der Waals surface area contributed by atoms with Gasteiger partial charge in [-0.15, -0.1) is 0 Å². The molecule has 1 amide bonds. The first kappa shape index (κ1) is 20.3. The highest BCUT2D eigenvalue weighted by Crippen LogP contribution is 2.13. The fourth-order valence-corrected chi connectivity index (χ4v) is 3.63. The van der Waals surface area contributed by atoms with Crippen molar-refractivity contribution in [2.45, 2.75) is 25.4 Å². The van der Waals surface area contributed by atoms with Crippen LogP contribution < -0.4 is 16.0 Å². The van der Waals surface area contributed by atoms with Crippen molar-refractivity contribution in [3.8, 4) is 0 Å². The molecule has 0 atom stereocenters. The van der Waals surface area contributed by atoms with Crippen LogP contribution in [-0.4, -0.2) is 48.1 Å². The van der Waals surface area contributed by atoms with E-state index in [1.165, 1.54) is 5.56 Å². The Morgan fingerprint density at radius 3 is 2.21 bits per heavy atom. The molecule has 6 heteroatoms. The van der Waals surface area contributed by atoms with Gasteiger partial charge in [0.25, 0.3) is 5.91 Å². The van der Waals surface area contributed by atoms with E-state index in [2.05, 4.69) is 51.2 Å². The Kier molecular flexibility index (Phi) is 7.82. The molecule has 0 aromatic heterocycles. The molecule has 2 aromatic carbocycles. The molecule has 148 valence electrons. The van der Waals surface area contributed by atoms with Crippen LogP contribution in [0.3, 0.4) is 0 Å². The van der Waals surface area contributed by atoms with Crippen LogP contribution >= 0.6 is 12.2 Å². The van der Waals surface area contributed by atoms with Crippen molar-refractivity contribution in [2.75, 3.05) is 26.2 Å². The molecule has 3 N–H and O–H groups in total. The summed E-state index contributed by atoms with van der Waals surface area (Å²) in [5.74, 6) is -0.0629. The first-order chi connectivity index (χ1) is 13.7. The number of carbonyl (C=O) groups is 1. The molecule has 2 aromatic rings. The summed E-state index contributed by atoms with van der Waals surface area (Å²) in [5.41, 5.74) is 2.04. The van der Waals surface area contributed by atoms with Crippen molar-refractivity contribution in [1.82, 2.24) is 20.9 Å². The van der Waals surface area contributed by atoms with Crippen LogP contribution in [0.1, 0.15) is 28.8 Å². The lowest BCUT2D eigenvalue weighted by Gasteiger charge is -2.33. The summed E-state index contributed by atoms with van der Waals surface area (Å²) in [4.78, 5) is 14.5. The predicted molar refractivity (Wildman–Crippen MR) is 117 cm³/mol. The molecule has 5 nitrogen and oxygen atoms in total. The van der Waals surface area contributed by atoms with Gasteiger partial charge in [-0.3, -0.25) is 9.69 Å². The number of hydrogen-bond donors (Lipinski definition) is 3. The van der Waals surface area contributed by atoms with Gasteiger partial charge < -0.3 is 16.0 Å². The monoisotopic (exact) mass is 396 g/mol. The number of nitrogens with zero attached hydrogens (tertiary/aromatic N) is 1. The lowest BCUT2D eigenvalue weighted by atomic mass is 10.0. The molecule has 1 aliphatic heterocycles. The summed E-state index contributed by atoms with van der Waals surface area (Å²) in [6.45, 7) is 4.30. The van der Waals surface area contributed by atoms with Gasteiger partial charge in [0, 0.05) is 44.3 Å². The molecule has 1 saturated heterocycles. The number of likely N-dealkylation sites (tertiary alicyclic amines) is 1. The van der Waals surface area contributed by atoms with Crippen LogP contribution in [0, 0.1) is 0 Å². The molecule has 28 heavy (non-hydrogen) atoms. The van der Waals surface area contributed by atoms with E-state index < -0.39 is 0 Å². The quantitative estimate of drug-likeness (QED) is 0.496. The summed E-state index contributed by atoms with van der Waals surface area (Å²) < 4.78 is 0. The zero-order chi connectivity index (χ0) is 19.6. The number of rotatable bonds is 7. The van der Waals surface area contributed by atoms with E-state index in [4.69, 9.17) is 12.2 Å². The standard InChI is InChI=1S/C22H28N4OS/c27-21(19-9-5-2-6-10-19)23-13-14-24-22(28)25-20-11-15-26(16-12-20)17-18-7-3-1-4-8-18/h1-10,20H,11-17H2,(H,23,27)(H2,24,25,28). The molecule has 0 aliphatic carbocycles. The number of carbonyl (C=O) groups excluding carboxylic acids is 1. The molecular weight excluding hydrogens is 368 g/mol. The van der Waals surface area contributed by atoms with Crippen LogP contribution in [0.25, 0.3) is 0 Å². The average Bonchev–Trinajstić information content (AvgIpc) is 2.74. The Hall–Kier alpha value is -2.44. The molecule has 0 radical (unpaired) electrons. The van der Waals surface area contributed by atoms with Gasteiger partial charge >= 0.3 is 0 Å². The van der Waals surface area contributed by atoms with Crippen LogP contribution in [-0.2, 0) is 6.54 Å². The van der Waals surface area contributed by atoms with E-state index >= 15 is 0 Å². The second kappa shape index (κ2) is 10.8. The average molecular weight is 397 g/mol. The van der Waals surface area contributed by atoms with Gasteiger partial charge in [0.2, 0.25) is 0 Å². The lowest BCUT2D eigenvalue weighted by molar-refractivity contribution is 0.0954. The number of hydrogen-bond acceptors (Lipinski definition) is 3. The van der Waals surface area contributed by atoms with Crippen LogP contribution in [0.2, 0.25) is 0 Å². The second-order valence-corrected chi connectivity index (χ2v) is 7.47. The molecule has 0 spiro atoms. The number of nitrogens with one attached hydrogen (secondary N) is 3. The van der Waals surface area contributed by atoms with Crippen molar-refractivity contribution in [2.24, 2.45) is 0 Å². The minimum absolute atomic E-state index is 0.0629. The van der Waals surface area contributed by atoms with Crippen molar-refractivity contribution in [1.29, 1.82) is 0 Å². The van der Waals surface area contributed by atoms with Gasteiger partial charge in [-0.05, 0) is 42.8 Å². The van der Waals surface area contributed by atoms with Gasteiger partial charge in [-0.25, -0.2) is 0 Å².